The van der Waals surface area contributed by atoms with Crippen LogP contribution in [0.15, 0.2) is 36.8 Å². The van der Waals surface area contributed by atoms with Crippen LogP contribution in [0.5, 0.6) is 0 Å². The molecule has 1 amide bonds. The van der Waals surface area contributed by atoms with Crippen LogP contribution in [0.2, 0.25) is 5.02 Å². The van der Waals surface area contributed by atoms with Gasteiger partial charge in [0.25, 0.3) is 0 Å². The topological polar surface area (TPSA) is 63.1 Å². The Hall–Kier alpha value is -2.51. The number of likely N-dealkylation sites (tertiary alicyclic amines) is 1. The van der Waals surface area contributed by atoms with Crippen LogP contribution in [0.1, 0.15) is 62.0 Å². The van der Waals surface area contributed by atoms with E-state index < -0.39 is 6.17 Å². The Kier molecular flexibility index (Phi) is 6.24. The highest BCUT2D eigenvalue weighted by Gasteiger charge is 2.54. The fraction of sp³-hybridized carbons (Fsp3) is 0.536. The Bertz CT molecular complexity index is 1280. The van der Waals surface area contributed by atoms with Crippen LogP contribution in [-0.4, -0.2) is 50.9 Å². The van der Waals surface area contributed by atoms with Crippen LogP contribution in [-0.2, 0) is 11.8 Å². The van der Waals surface area contributed by atoms with E-state index in [4.69, 9.17) is 11.6 Å². The van der Waals surface area contributed by atoms with E-state index in [1.54, 1.807) is 10.9 Å². The fourth-order valence-electron chi connectivity index (χ4n) is 6.59. The standard InChI is InChI=1S/C28H33ClFN5O/c1-3-22-26(19-12-32-34(2)13-19)27(22)28(36)33-25-10-17-8-23(24(29)9-18(17)11-31-25)16-4-6-21(7-5-16)35-14-20(30)15-35/h8-13,16,20-22,26-27H,3-7,14-15H2,1-2H3,(H,31,33,36)/t16-,21-,22-,26+,27+/m1/s1. The Balaban J connectivity index is 1.16. The van der Waals surface area contributed by atoms with Gasteiger partial charge in [0.2, 0.25) is 5.91 Å². The molecule has 2 aromatic heterocycles. The van der Waals surface area contributed by atoms with Crippen LogP contribution in [0.25, 0.3) is 10.8 Å². The molecule has 3 aromatic rings. The molecule has 6 nitrogen and oxygen atoms in total. The molecule has 36 heavy (non-hydrogen) atoms. The summed E-state index contributed by atoms with van der Waals surface area (Å²) in [6.45, 7) is 3.32. The minimum atomic E-state index is -0.644. The number of aromatic nitrogens is 3. The van der Waals surface area contributed by atoms with Crippen LogP contribution < -0.4 is 5.32 Å². The minimum absolute atomic E-state index is 0.0246. The van der Waals surface area contributed by atoms with Gasteiger partial charge in [0.05, 0.1) is 6.20 Å². The SMILES string of the molecule is CC[C@H]1[C@H](C(=O)Nc2cc3cc([C@H]4CC[C@H](N5CC(F)C5)CC4)c(Cl)cc3cn2)[C@H]1c1cnn(C)c1. The molecule has 0 radical (unpaired) electrons. The van der Waals surface area contributed by atoms with Crippen molar-refractivity contribution in [2.75, 3.05) is 18.4 Å². The zero-order valence-electron chi connectivity index (χ0n) is 20.8. The molecular weight excluding hydrogens is 477 g/mol. The van der Waals surface area contributed by atoms with Gasteiger partial charge in [-0.15, -0.1) is 0 Å². The molecule has 1 aliphatic heterocycles. The lowest BCUT2D eigenvalue weighted by molar-refractivity contribution is -0.117. The third-order valence-electron chi connectivity index (χ3n) is 8.66. The number of carbonyl (C=O) groups is 1. The number of amides is 1. The maximum Gasteiger partial charge on any atom is 0.229 e. The molecule has 3 fully saturated rings. The average molecular weight is 510 g/mol. The van der Waals surface area contributed by atoms with Gasteiger partial charge in [0, 0.05) is 60.8 Å². The molecule has 3 aliphatic rings. The van der Waals surface area contributed by atoms with Crippen LogP contribution in [0.3, 0.4) is 0 Å². The first kappa shape index (κ1) is 23.9. The van der Waals surface area contributed by atoms with Gasteiger partial charge in [-0.1, -0.05) is 24.9 Å². The normalized spacial score (nSPS) is 28.7. The van der Waals surface area contributed by atoms with Crippen LogP contribution in [0.4, 0.5) is 10.2 Å². The molecular formula is C28H33ClFN5O. The second-order valence-electron chi connectivity index (χ2n) is 10.9. The first-order valence-electron chi connectivity index (χ1n) is 13.2. The lowest BCUT2D eigenvalue weighted by Crippen LogP contribution is -2.54. The van der Waals surface area contributed by atoms with Crippen molar-refractivity contribution in [2.24, 2.45) is 18.9 Å². The van der Waals surface area contributed by atoms with E-state index in [0.717, 1.165) is 53.5 Å². The molecule has 1 saturated heterocycles. The molecule has 1 aromatic carbocycles. The number of halogens is 2. The molecule has 0 bridgehead atoms. The van der Waals surface area contributed by atoms with E-state index in [1.165, 1.54) is 5.56 Å². The van der Waals surface area contributed by atoms with E-state index in [-0.39, 0.29) is 17.7 Å². The Morgan fingerprint density at radius 1 is 1.14 bits per heavy atom. The summed E-state index contributed by atoms with van der Waals surface area (Å²) < 4.78 is 15.1. The number of rotatable bonds is 6. The summed E-state index contributed by atoms with van der Waals surface area (Å²) in [6.07, 6.45) is 10.3. The number of fused-ring (bicyclic) bond motifs is 1. The third kappa shape index (κ3) is 4.41. The Morgan fingerprint density at radius 3 is 2.58 bits per heavy atom. The van der Waals surface area contributed by atoms with Crippen molar-refractivity contribution in [3.63, 3.8) is 0 Å². The Labute approximate surface area is 216 Å². The number of hydrogen-bond donors (Lipinski definition) is 1. The van der Waals surface area contributed by atoms with Gasteiger partial charge >= 0.3 is 0 Å². The van der Waals surface area contributed by atoms with Crippen molar-refractivity contribution in [3.8, 4) is 0 Å². The van der Waals surface area contributed by atoms with E-state index in [2.05, 4.69) is 33.3 Å². The first-order chi connectivity index (χ1) is 17.4. The minimum Gasteiger partial charge on any atom is -0.310 e. The summed E-state index contributed by atoms with van der Waals surface area (Å²) in [7, 11) is 1.90. The number of aryl methyl sites for hydroxylation is 1. The first-order valence-corrected chi connectivity index (χ1v) is 13.6. The summed E-state index contributed by atoms with van der Waals surface area (Å²) in [5.41, 5.74) is 2.30. The van der Waals surface area contributed by atoms with Crippen molar-refractivity contribution in [1.29, 1.82) is 0 Å². The number of alkyl halides is 1. The van der Waals surface area contributed by atoms with Gasteiger partial charge in [0.15, 0.2) is 0 Å². The van der Waals surface area contributed by atoms with Gasteiger partial charge in [-0.05, 0) is 72.2 Å². The molecule has 0 spiro atoms. The fourth-order valence-corrected chi connectivity index (χ4v) is 6.91. The molecule has 2 aliphatic carbocycles. The van der Waals surface area contributed by atoms with E-state index in [1.807, 2.05) is 31.6 Å². The second-order valence-corrected chi connectivity index (χ2v) is 11.3. The second kappa shape index (κ2) is 9.42. The molecule has 8 heteroatoms. The molecule has 190 valence electrons. The maximum absolute atomic E-state index is 13.3. The average Bonchev–Trinajstić information content (AvgIpc) is 3.44. The van der Waals surface area contributed by atoms with Gasteiger partial charge in [-0.25, -0.2) is 9.37 Å². The molecule has 1 N–H and O–H groups in total. The monoisotopic (exact) mass is 509 g/mol. The zero-order valence-corrected chi connectivity index (χ0v) is 21.6. The third-order valence-corrected chi connectivity index (χ3v) is 8.99. The van der Waals surface area contributed by atoms with Gasteiger partial charge in [0.1, 0.15) is 12.0 Å². The summed E-state index contributed by atoms with van der Waals surface area (Å²) in [6, 6.07) is 6.63. The predicted octanol–water partition coefficient (Wildman–Crippen LogP) is 5.68. The van der Waals surface area contributed by atoms with Crippen molar-refractivity contribution in [2.45, 2.75) is 63.1 Å². The summed E-state index contributed by atoms with van der Waals surface area (Å²) in [4.78, 5) is 19.9. The zero-order chi connectivity index (χ0) is 25.0. The van der Waals surface area contributed by atoms with Gasteiger partial charge < -0.3 is 5.32 Å². The van der Waals surface area contributed by atoms with Crippen molar-refractivity contribution in [1.82, 2.24) is 19.7 Å². The number of nitrogens with one attached hydrogen (secondary N) is 1. The molecule has 6 rings (SSSR count). The number of nitrogens with zero attached hydrogens (tertiary/aromatic N) is 4. The van der Waals surface area contributed by atoms with E-state index in [9.17, 15) is 9.18 Å². The maximum atomic E-state index is 13.3. The predicted molar refractivity (Wildman–Crippen MR) is 140 cm³/mol. The summed E-state index contributed by atoms with van der Waals surface area (Å²) in [5.74, 6) is 1.51. The number of anilines is 1. The smallest absolute Gasteiger partial charge is 0.229 e. The highest BCUT2D eigenvalue weighted by Crippen LogP contribution is 2.56. The largest absolute Gasteiger partial charge is 0.310 e. The number of carbonyl (C=O) groups excluding carboxylic acids is 1. The summed E-state index contributed by atoms with van der Waals surface area (Å²) >= 11 is 6.71. The highest BCUT2D eigenvalue weighted by atomic mass is 35.5. The summed E-state index contributed by atoms with van der Waals surface area (Å²) in [5, 5.41) is 10.1. The molecule has 0 unspecified atom stereocenters. The van der Waals surface area contributed by atoms with E-state index >= 15 is 0 Å². The van der Waals surface area contributed by atoms with Crippen molar-refractivity contribution in [3.05, 3.63) is 52.9 Å². The number of benzene rings is 1. The molecule has 3 heterocycles. The lowest BCUT2D eigenvalue weighted by atomic mass is 9.80. The highest BCUT2D eigenvalue weighted by molar-refractivity contribution is 6.32. The van der Waals surface area contributed by atoms with E-state index in [0.29, 0.717) is 36.8 Å². The molecule has 3 atom stereocenters. The van der Waals surface area contributed by atoms with Gasteiger partial charge in [-0.3, -0.25) is 14.4 Å². The van der Waals surface area contributed by atoms with Crippen LogP contribution >= 0.6 is 11.6 Å². The van der Waals surface area contributed by atoms with Crippen molar-refractivity contribution >= 4 is 34.1 Å². The number of pyridine rings is 1. The number of hydrogen-bond acceptors (Lipinski definition) is 4. The van der Waals surface area contributed by atoms with Crippen LogP contribution in [0, 0.1) is 11.8 Å². The Morgan fingerprint density at radius 2 is 1.92 bits per heavy atom. The quantitative estimate of drug-likeness (QED) is 0.464. The lowest BCUT2D eigenvalue weighted by Gasteiger charge is -2.43. The van der Waals surface area contributed by atoms with Crippen molar-refractivity contribution < 1.29 is 9.18 Å². The van der Waals surface area contributed by atoms with Gasteiger partial charge in [-0.2, -0.15) is 5.10 Å². The molecule has 2 saturated carbocycles.